The van der Waals surface area contributed by atoms with Crippen LogP contribution in [0.4, 0.5) is 11.4 Å². The lowest BCUT2D eigenvalue weighted by atomic mass is 10.2. The van der Waals surface area contributed by atoms with E-state index in [1.54, 1.807) is 0 Å². The van der Waals surface area contributed by atoms with Gasteiger partial charge in [-0.05, 0) is 50.3 Å². The van der Waals surface area contributed by atoms with E-state index >= 15 is 0 Å². The van der Waals surface area contributed by atoms with Crippen molar-refractivity contribution >= 4 is 28.7 Å². The van der Waals surface area contributed by atoms with Gasteiger partial charge in [-0.1, -0.05) is 35.9 Å². The Kier molecular flexibility index (Phi) is 6.22. The molecule has 2 N–H and O–H groups in total. The molecule has 0 aromatic heterocycles. The number of anilines is 2. The first-order chi connectivity index (χ1) is 10.7. The largest absolute Gasteiger partial charge is 0.370 e. The van der Waals surface area contributed by atoms with Gasteiger partial charge in [-0.3, -0.25) is 0 Å². The quantitative estimate of drug-likeness (QED) is 0.793. The maximum Gasteiger partial charge on any atom is 0.170 e. The molecule has 0 heterocycles. The van der Waals surface area contributed by atoms with E-state index in [1.165, 1.54) is 11.3 Å². The van der Waals surface area contributed by atoms with E-state index in [9.17, 15) is 0 Å². The smallest absolute Gasteiger partial charge is 0.170 e. The third-order valence-corrected chi connectivity index (χ3v) is 3.73. The highest BCUT2D eigenvalue weighted by atomic mass is 32.1. The molecule has 4 heteroatoms. The van der Waals surface area contributed by atoms with Crippen LogP contribution in [0.3, 0.4) is 0 Å². The van der Waals surface area contributed by atoms with Crippen LogP contribution < -0.4 is 15.5 Å². The highest BCUT2D eigenvalue weighted by Gasteiger charge is 2.04. The van der Waals surface area contributed by atoms with Crippen LogP contribution in [0, 0.1) is 6.92 Å². The average Bonchev–Trinajstić information content (AvgIpc) is 2.54. The summed E-state index contributed by atoms with van der Waals surface area (Å²) in [7, 11) is 0. The number of nitrogens with zero attached hydrogens (tertiary/aromatic N) is 1. The lowest BCUT2D eigenvalue weighted by Gasteiger charge is -2.24. The first-order valence-corrected chi connectivity index (χ1v) is 8.01. The molecule has 0 amide bonds. The minimum absolute atomic E-state index is 0.658. The normalized spacial score (nSPS) is 10.1. The minimum Gasteiger partial charge on any atom is -0.370 e. The zero-order valence-corrected chi connectivity index (χ0v) is 14.0. The fraction of sp³-hybridized carbons (Fsp3) is 0.278. The zero-order valence-electron chi connectivity index (χ0n) is 13.2. The molecular weight excluding hydrogens is 290 g/mol. The SMILES string of the molecule is CCN(CCNC(=S)Nc1ccccc1)c1ccc(C)cc1. The van der Waals surface area contributed by atoms with Gasteiger partial charge in [-0.25, -0.2) is 0 Å². The highest BCUT2D eigenvalue weighted by Crippen LogP contribution is 2.14. The second-order valence-corrected chi connectivity index (χ2v) is 5.57. The van der Waals surface area contributed by atoms with Gasteiger partial charge in [-0.2, -0.15) is 0 Å². The second kappa shape index (κ2) is 8.39. The molecule has 0 aliphatic heterocycles. The number of para-hydroxylation sites is 1. The standard InChI is InChI=1S/C18H23N3S/c1-3-21(17-11-9-15(2)10-12-17)14-13-19-18(22)20-16-7-5-4-6-8-16/h4-12H,3,13-14H2,1-2H3,(H2,19,20,22). The van der Waals surface area contributed by atoms with Crippen molar-refractivity contribution < 1.29 is 0 Å². The van der Waals surface area contributed by atoms with Crippen LogP contribution >= 0.6 is 12.2 Å². The summed E-state index contributed by atoms with van der Waals surface area (Å²) in [4.78, 5) is 2.33. The molecule has 0 saturated heterocycles. The second-order valence-electron chi connectivity index (χ2n) is 5.16. The van der Waals surface area contributed by atoms with Crippen LogP contribution in [-0.4, -0.2) is 24.7 Å². The summed E-state index contributed by atoms with van der Waals surface area (Å²) in [5, 5.41) is 7.10. The molecule has 0 saturated carbocycles. The van der Waals surface area contributed by atoms with Gasteiger partial charge in [0.15, 0.2) is 5.11 Å². The Balaban J connectivity index is 1.79. The minimum atomic E-state index is 0.658. The predicted octanol–water partition coefficient (Wildman–Crippen LogP) is 3.81. The summed E-state index contributed by atoms with van der Waals surface area (Å²) in [6.07, 6.45) is 0. The van der Waals surface area contributed by atoms with E-state index in [4.69, 9.17) is 12.2 Å². The summed E-state index contributed by atoms with van der Waals surface area (Å²) in [5.74, 6) is 0. The number of hydrogen-bond acceptors (Lipinski definition) is 2. The first kappa shape index (κ1) is 16.3. The van der Waals surface area contributed by atoms with Crippen molar-refractivity contribution in [3.63, 3.8) is 0 Å². The number of aryl methyl sites for hydroxylation is 1. The van der Waals surface area contributed by atoms with Gasteiger partial charge in [0.1, 0.15) is 0 Å². The summed E-state index contributed by atoms with van der Waals surface area (Å²) in [6.45, 7) is 6.97. The lowest BCUT2D eigenvalue weighted by molar-refractivity contribution is 0.779. The van der Waals surface area contributed by atoms with Crippen molar-refractivity contribution in [2.45, 2.75) is 13.8 Å². The summed E-state index contributed by atoms with van der Waals surface area (Å²) < 4.78 is 0. The fourth-order valence-corrected chi connectivity index (χ4v) is 2.45. The zero-order chi connectivity index (χ0) is 15.8. The number of nitrogens with one attached hydrogen (secondary N) is 2. The van der Waals surface area contributed by atoms with Crippen LogP contribution in [0.15, 0.2) is 54.6 Å². The number of rotatable bonds is 6. The number of benzene rings is 2. The average molecular weight is 313 g/mol. The first-order valence-electron chi connectivity index (χ1n) is 7.60. The molecular formula is C18H23N3S. The number of thiocarbonyl (C=S) groups is 1. The van der Waals surface area contributed by atoms with Crippen LogP contribution in [0.1, 0.15) is 12.5 Å². The van der Waals surface area contributed by atoms with E-state index < -0.39 is 0 Å². The van der Waals surface area contributed by atoms with E-state index in [1.807, 2.05) is 30.3 Å². The molecule has 0 unspecified atom stereocenters. The van der Waals surface area contributed by atoms with Gasteiger partial charge < -0.3 is 15.5 Å². The van der Waals surface area contributed by atoms with Crippen molar-refractivity contribution in [3.05, 3.63) is 60.2 Å². The van der Waals surface area contributed by atoms with Gasteiger partial charge in [-0.15, -0.1) is 0 Å². The lowest BCUT2D eigenvalue weighted by Crippen LogP contribution is -2.36. The van der Waals surface area contributed by atoms with Gasteiger partial charge in [0.05, 0.1) is 0 Å². The van der Waals surface area contributed by atoms with Crippen molar-refractivity contribution in [1.29, 1.82) is 0 Å². The number of likely N-dealkylation sites (N-methyl/N-ethyl adjacent to an activating group) is 1. The molecule has 0 atom stereocenters. The Morgan fingerprint density at radius 3 is 2.36 bits per heavy atom. The third kappa shape index (κ3) is 5.04. The van der Waals surface area contributed by atoms with Crippen LogP contribution in [0.5, 0.6) is 0 Å². The Labute approximate surface area is 138 Å². The third-order valence-electron chi connectivity index (χ3n) is 3.48. The summed E-state index contributed by atoms with van der Waals surface area (Å²) in [5.41, 5.74) is 3.54. The molecule has 0 aliphatic carbocycles. The monoisotopic (exact) mass is 313 g/mol. The fourth-order valence-electron chi connectivity index (χ4n) is 2.23. The molecule has 116 valence electrons. The van der Waals surface area contributed by atoms with Crippen molar-refractivity contribution in [3.8, 4) is 0 Å². The van der Waals surface area contributed by atoms with Crippen molar-refractivity contribution in [2.24, 2.45) is 0 Å². The number of hydrogen-bond donors (Lipinski definition) is 2. The van der Waals surface area contributed by atoms with E-state index in [2.05, 4.69) is 53.6 Å². The van der Waals surface area contributed by atoms with Crippen LogP contribution in [-0.2, 0) is 0 Å². The maximum atomic E-state index is 5.32. The Morgan fingerprint density at radius 2 is 1.73 bits per heavy atom. The van der Waals surface area contributed by atoms with Gasteiger partial charge >= 0.3 is 0 Å². The van der Waals surface area contributed by atoms with E-state index in [0.29, 0.717) is 5.11 Å². The van der Waals surface area contributed by atoms with Crippen LogP contribution in [0.25, 0.3) is 0 Å². The summed E-state index contributed by atoms with van der Waals surface area (Å²) in [6, 6.07) is 18.6. The molecule has 2 aromatic rings. The molecule has 0 radical (unpaired) electrons. The molecule has 3 nitrogen and oxygen atoms in total. The Morgan fingerprint density at radius 1 is 1.05 bits per heavy atom. The maximum absolute atomic E-state index is 5.32. The van der Waals surface area contributed by atoms with Gasteiger partial charge in [0, 0.05) is 31.0 Å². The Bertz CT molecular complexity index is 581. The molecule has 22 heavy (non-hydrogen) atoms. The van der Waals surface area contributed by atoms with E-state index in [0.717, 1.165) is 25.3 Å². The molecule has 2 rings (SSSR count). The molecule has 0 aliphatic rings. The Hall–Kier alpha value is -2.07. The molecule has 0 spiro atoms. The van der Waals surface area contributed by atoms with Crippen LogP contribution in [0.2, 0.25) is 0 Å². The molecule has 0 fully saturated rings. The van der Waals surface area contributed by atoms with Crippen molar-refractivity contribution in [1.82, 2.24) is 5.32 Å². The van der Waals surface area contributed by atoms with Crippen molar-refractivity contribution in [2.75, 3.05) is 29.9 Å². The highest BCUT2D eigenvalue weighted by molar-refractivity contribution is 7.80. The van der Waals surface area contributed by atoms with Gasteiger partial charge in [0.2, 0.25) is 0 Å². The molecule has 0 bridgehead atoms. The molecule has 2 aromatic carbocycles. The predicted molar refractivity (Wildman–Crippen MR) is 99.7 cm³/mol. The van der Waals surface area contributed by atoms with Gasteiger partial charge in [0.25, 0.3) is 0 Å². The summed E-state index contributed by atoms with van der Waals surface area (Å²) >= 11 is 5.32. The topological polar surface area (TPSA) is 27.3 Å². The van der Waals surface area contributed by atoms with E-state index in [-0.39, 0.29) is 0 Å².